The Morgan fingerprint density at radius 2 is 1.69 bits per heavy atom. The van der Waals surface area contributed by atoms with Gasteiger partial charge in [0.25, 0.3) is 0 Å². The molecule has 1 aliphatic heterocycles. The Bertz CT molecular complexity index is 899. The minimum absolute atomic E-state index is 0.581. The van der Waals surface area contributed by atoms with E-state index in [-0.39, 0.29) is 0 Å². The quantitative estimate of drug-likeness (QED) is 0.327. The zero-order valence-corrected chi connectivity index (χ0v) is 16.2. The molecule has 1 unspecified atom stereocenters. The number of unbranched alkanes of at least 4 members (excludes halogenated alkanes) is 5. The Labute approximate surface area is 157 Å². The summed E-state index contributed by atoms with van der Waals surface area (Å²) < 4.78 is 0. The van der Waals surface area contributed by atoms with E-state index in [4.69, 9.17) is 4.98 Å². The fourth-order valence-electron chi connectivity index (χ4n) is 4.45. The lowest BCUT2D eigenvalue weighted by molar-refractivity contribution is 0.529. The van der Waals surface area contributed by atoms with E-state index in [1.54, 1.807) is 0 Å². The van der Waals surface area contributed by atoms with Gasteiger partial charge in [-0.15, -0.1) is 0 Å². The van der Waals surface area contributed by atoms with Crippen LogP contribution in [0.5, 0.6) is 0 Å². The van der Waals surface area contributed by atoms with Gasteiger partial charge >= 0.3 is 0 Å². The predicted octanol–water partition coefficient (Wildman–Crippen LogP) is 6.85. The number of fused-ring (bicyclic) bond motifs is 2. The molecule has 2 heterocycles. The van der Waals surface area contributed by atoms with E-state index in [2.05, 4.69) is 61.2 Å². The maximum Gasteiger partial charge on any atom is 0.0734 e. The van der Waals surface area contributed by atoms with E-state index >= 15 is 0 Å². The van der Waals surface area contributed by atoms with Crippen molar-refractivity contribution in [1.82, 2.24) is 4.98 Å². The van der Waals surface area contributed by atoms with Crippen molar-refractivity contribution >= 4 is 27.5 Å². The van der Waals surface area contributed by atoms with Crippen LogP contribution in [0.1, 0.15) is 64.4 Å². The molecule has 4 rings (SSSR count). The maximum atomic E-state index is 4.91. The number of nitrogens with zero attached hydrogens (tertiary/aromatic N) is 2. The van der Waals surface area contributed by atoms with Gasteiger partial charge in [-0.3, -0.25) is 0 Å². The molecule has 1 aliphatic rings. The van der Waals surface area contributed by atoms with E-state index in [9.17, 15) is 0 Å². The van der Waals surface area contributed by atoms with Crippen molar-refractivity contribution in [3.63, 3.8) is 0 Å². The predicted molar refractivity (Wildman–Crippen MR) is 113 cm³/mol. The average molecular weight is 347 g/mol. The van der Waals surface area contributed by atoms with Gasteiger partial charge in [-0.1, -0.05) is 69.7 Å². The number of hydrogen-bond donors (Lipinski definition) is 0. The molecule has 0 bridgehead atoms. The van der Waals surface area contributed by atoms with E-state index in [1.165, 1.54) is 67.0 Å². The second kappa shape index (κ2) is 7.65. The fraction of sp³-hybridized carbons (Fsp3) is 0.458. The van der Waals surface area contributed by atoms with Gasteiger partial charge < -0.3 is 4.90 Å². The van der Waals surface area contributed by atoms with Gasteiger partial charge in [-0.2, -0.15) is 0 Å². The van der Waals surface area contributed by atoms with Crippen molar-refractivity contribution < 1.29 is 0 Å². The summed E-state index contributed by atoms with van der Waals surface area (Å²) in [6.07, 6.45) is 9.50. The minimum Gasteiger partial charge on any atom is -0.364 e. The molecule has 2 nitrogen and oxygen atoms in total. The van der Waals surface area contributed by atoms with E-state index in [1.807, 2.05) is 0 Å². The van der Waals surface area contributed by atoms with Crippen LogP contribution in [0.2, 0.25) is 0 Å². The standard InChI is InChI=1S/C24H30N2/c1-3-4-5-6-7-8-12-18(2)26-17-20-19-13-9-10-14-21(19)25-22-15-11-16-23(26)24(20)22/h9-11,13-16,18H,3-8,12,17H2,1-2H3. The Hall–Kier alpha value is -2.09. The molecule has 1 atom stereocenters. The second-order valence-corrected chi connectivity index (χ2v) is 7.81. The van der Waals surface area contributed by atoms with Crippen LogP contribution in [0, 0.1) is 0 Å². The zero-order valence-electron chi connectivity index (χ0n) is 16.2. The van der Waals surface area contributed by atoms with Crippen molar-refractivity contribution in [1.29, 1.82) is 0 Å². The Balaban J connectivity index is 1.53. The summed E-state index contributed by atoms with van der Waals surface area (Å²) in [6.45, 7) is 5.70. The van der Waals surface area contributed by atoms with Crippen molar-refractivity contribution in [2.75, 3.05) is 4.90 Å². The number of pyridine rings is 1. The molecular formula is C24H30N2. The summed E-state index contributed by atoms with van der Waals surface area (Å²) in [5, 5.41) is 2.70. The molecular weight excluding hydrogens is 316 g/mol. The lowest BCUT2D eigenvalue weighted by Gasteiger charge is -2.27. The molecule has 3 aromatic rings. The molecule has 0 fully saturated rings. The number of hydrogen-bond acceptors (Lipinski definition) is 2. The van der Waals surface area contributed by atoms with Gasteiger partial charge in [0.15, 0.2) is 0 Å². The second-order valence-electron chi connectivity index (χ2n) is 7.81. The summed E-state index contributed by atoms with van der Waals surface area (Å²) in [7, 11) is 0. The minimum atomic E-state index is 0.581. The monoisotopic (exact) mass is 346 g/mol. The molecule has 1 aromatic heterocycles. The van der Waals surface area contributed by atoms with E-state index in [0.29, 0.717) is 6.04 Å². The van der Waals surface area contributed by atoms with Crippen LogP contribution in [-0.2, 0) is 6.54 Å². The lowest BCUT2D eigenvalue weighted by atomic mass is 10.0. The molecule has 2 aromatic carbocycles. The SMILES string of the molecule is CCCCCCCCC(C)N1Cc2c3ccccc3nc3cccc1c23. The van der Waals surface area contributed by atoms with Crippen molar-refractivity contribution in [3.05, 3.63) is 48.0 Å². The van der Waals surface area contributed by atoms with Crippen LogP contribution in [0.25, 0.3) is 21.8 Å². The van der Waals surface area contributed by atoms with E-state index in [0.717, 1.165) is 17.6 Å². The summed E-state index contributed by atoms with van der Waals surface area (Å²) in [5.74, 6) is 0. The number of rotatable bonds is 8. The Morgan fingerprint density at radius 1 is 0.923 bits per heavy atom. The summed E-state index contributed by atoms with van der Waals surface area (Å²) >= 11 is 0. The van der Waals surface area contributed by atoms with Gasteiger partial charge in [-0.05, 0) is 37.1 Å². The normalized spacial score (nSPS) is 14.5. The molecule has 0 amide bonds. The first-order valence-electron chi connectivity index (χ1n) is 10.4. The third-order valence-corrected chi connectivity index (χ3v) is 5.94. The molecule has 2 heteroatoms. The summed E-state index contributed by atoms with van der Waals surface area (Å²) in [4.78, 5) is 7.52. The van der Waals surface area contributed by atoms with Gasteiger partial charge in [-0.25, -0.2) is 4.98 Å². The highest BCUT2D eigenvalue weighted by molar-refractivity contribution is 6.06. The number of para-hydroxylation sites is 1. The number of aromatic nitrogens is 1. The first-order valence-corrected chi connectivity index (χ1v) is 10.4. The first kappa shape index (κ1) is 17.3. The average Bonchev–Trinajstić information content (AvgIpc) is 3.06. The fourth-order valence-corrected chi connectivity index (χ4v) is 4.45. The van der Waals surface area contributed by atoms with Crippen LogP contribution >= 0.6 is 0 Å². The smallest absolute Gasteiger partial charge is 0.0734 e. The molecule has 0 spiro atoms. The molecule has 26 heavy (non-hydrogen) atoms. The highest BCUT2D eigenvalue weighted by atomic mass is 15.2. The molecule has 0 radical (unpaired) electrons. The molecule has 0 saturated heterocycles. The van der Waals surface area contributed by atoms with Crippen LogP contribution in [0.3, 0.4) is 0 Å². The van der Waals surface area contributed by atoms with Gasteiger partial charge in [0.2, 0.25) is 0 Å². The van der Waals surface area contributed by atoms with Crippen LogP contribution in [0.4, 0.5) is 5.69 Å². The van der Waals surface area contributed by atoms with Crippen LogP contribution < -0.4 is 4.90 Å². The topological polar surface area (TPSA) is 16.1 Å². The van der Waals surface area contributed by atoms with Crippen LogP contribution in [-0.4, -0.2) is 11.0 Å². The van der Waals surface area contributed by atoms with Crippen molar-refractivity contribution in [2.45, 2.75) is 71.4 Å². The highest BCUT2D eigenvalue weighted by Gasteiger charge is 2.27. The van der Waals surface area contributed by atoms with E-state index < -0.39 is 0 Å². The van der Waals surface area contributed by atoms with Crippen molar-refractivity contribution in [2.24, 2.45) is 0 Å². The molecule has 0 saturated carbocycles. The first-order chi connectivity index (χ1) is 12.8. The number of benzene rings is 2. The number of anilines is 1. The van der Waals surface area contributed by atoms with Gasteiger partial charge in [0.1, 0.15) is 0 Å². The largest absolute Gasteiger partial charge is 0.364 e. The Kier molecular flexibility index (Phi) is 5.10. The third-order valence-electron chi connectivity index (χ3n) is 5.94. The highest BCUT2D eigenvalue weighted by Crippen LogP contribution is 2.41. The summed E-state index contributed by atoms with van der Waals surface area (Å²) in [5.41, 5.74) is 5.12. The third kappa shape index (κ3) is 3.18. The van der Waals surface area contributed by atoms with Gasteiger partial charge in [0.05, 0.1) is 11.0 Å². The Morgan fingerprint density at radius 3 is 2.58 bits per heavy atom. The zero-order chi connectivity index (χ0) is 17.9. The summed E-state index contributed by atoms with van der Waals surface area (Å²) in [6, 6.07) is 15.8. The van der Waals surface area contributed by atoms with Crippen molar-refractivity contribution in [3.8, 4) is 0 Å². The van der Waals surface area contributed by atoms with Gasteiger partial charge in [0, 0.05) is 29.0 Å². The lowest BCUT2D eigenvalue weighted by Crippen LogP contribution is -2.29. The molecule has 0 aliphatic carbocycles. The maximum absolute atomic E-state index is 4.91. The van der Waals surface area contributed by atoms with Crippen LogP contribution in [0.15, 0.2) is 42.5 Å². The molecule has 136 valence electrons. The molecule has 0 N–H and O–H groups in total.